The Labute approximate surface area is 164 Å². The second kappa shape index (κ2) is 12.8. The Morgan fingerprint density at radius 3 is 1.88 bits per heavy atom. The van der Waals surface area contributed by atoms with Gasteiger partial charge in [0, 0.05) is 5.92 Å². The van der Waals surface area contributed by atoms with Crippen molar-refractivity contribution in [2.75, 3.05) is 0 Å². The van der Waals surface area contributed by atoms with Crippen molar-refractivity contribution in [3.05, 3.63) is 0 Å². The zero-order valence-electron chi connectivity index (χ0n) is 17.9. The van der Waals surface area contributed by atoms with Crippen molar-refractivity contribution in [3.8, 4) is 6.07 Å². The summed E-state index contributed by atoms with van der Waals surface area (Å²) in [6.45, 7) is 4.61. The fourth-order valence-electron chi connectivity index (χ4n) is 5.79. The largest absolute Gasteiger partial charge is 0.198 e. The SMILES string of the molecule is CCCCCCC[C@H]1CC[C@H](CC(C#N)[C@H]2CC[C@H](CCC)CC2)CC1. The van der Waals surface area contributed by atoms with Crippen LogP contribution >= 0.6 is 0 Å². The van der Waals surface area contributed by atoms with Gasteiger partial charge >= 0.3 is 0 Å². The molecule has 1 heteroatoms. The van der Waals surface area contributed by atoms with Gasteiger partial charge in [-0.2, -0.15) is 5.26 Å². The first-order valence-corrected chi connectivity index (χ1v) is 12.2. The summed E-state index contributed by atoms with van der Waals surface area (Å²) < 4.78 is 0. The Morgan fingerprint density at radius 2 is 1.27 bits per heavy atom. The molecule has 26 heavy (non-hydrogen) atoms. The molecule has 0 aliphatic heterocycles. The van der Waals surface area contributed by atoms with E-state index in [1.165, 1.54) is 109 Å². The van der Waals surface area contributed by atoms with Crippen LogP contribution in [0.15, 0.2) is 0 Å². The Bertz CT molecular complexity index is 379. The quantitative estimate of drug-likeness (QED) is 0.340. The van der Waals surface area contributed by atoms with Crippen LogP contribution in [0.1, 0.15) is 123 Å². The topological polar surface area (TPSA) is 23.8 Å². The molecule has 0 saturated heterocycles. The highest BCUT2D eigenvalue weighted by atomic mass is 14.4. The molecular formula is C25H45N. The maximum absolute atomic E-state index is 9.77. The minimum atomic E-state index is 0.355. The molecule has 0 aromatic carbocycles. The van der Waals surface area contributed by atoms with Crippen molar-refractivity contribution < 1.29 is 0 Å². The summed E-state index contributed by atoms with van der Waals surface area (Å²) in [4.78, 5) is 0. The molecule has 1 nitrogen and oxygen atoms in total. The zero-order valence-corrected chi connectivity index (χ0v) is 17.9. The molecule has 0 heterocycles. The molecule has 2 aliphatic rings. The number of unbranched alkanes of at least 4 members (excludes halogenated alkanes) is 4. The third-order valence-electron chi connectivity index (χ3n) is 7.59. The van der Waals surface area contributed by atoms with Crippen LogP contribution in [0, 0.1) is 40.9 Å². The maximum Gasteiger partial charge on any atom is 0.0658 e. The fraction of sp³-hybridized carbons (Fsp3) is 0.960. The monoisotopic (exact) mass is 359 g/mol. The van der Waals surface area contributed by atoms with Crippen LogP contribution in [0.3, 0.4) is 0 Å². The lowest BCUT2D eigenvalue weighted by atomic mass is 9.70. The van der Waals surface area contributed by atoms with E-state index >= 15 is 0 Å². The molecule has 2 saturated carbocycles. The van der Waals surface area contributed by atoms with Gasteiger partial charge in [0.2, 0.25) is 0 Å². The van der Waals surface area contributed by atoms with Crippen LogP contribution in [0.4, 0.5) is 0 Å². The molecule has 0 N–H and O–H groups in total. The van der Waals surface area contributed by atoms with Crippen molar-refractivity contribution in [1.82, 2.24) is 0 Å². The predicted octanol–water partition coefficient (Wildman–Crippen LogP) is 8.29. The second-order valence-electron chi connectivity index (χ2n) is 9.63. The van der Waals surface area contributed by atoms with E-state index in [0.29, 0.717) is 11.8 Å². The summed E-state index contributed by atoms with van der Waals surface area (Å²) in [5, 5.41) is 9.77. The summed E-state index contributed by atoms with van der Waals surface area (Å²) >= 11 is 0. The number of hydrogen-bond acceptors (Lipinski definition) is 1. The summed E-state index contributed by atoms with van der Waals surface area (Å²) in [6.07, 6.45) is 23.7. The van der Waals surface area contributed by atoms with Crippen LogP contribution in [0.25, 0.3) is 0 Å². The molecular weight excluding hydrogens is 314 g/mol. The number of hydrogen-bond donors (Lipinski definition) is 0. The molecule has 0 aromatic rings. The molecule has 0 spiro atoms. The molecule has 2 fully saturated rings. The number of nitrogens with zero attached hydrogens (tertiary/aromatic N) is 1. The number of rotatable bonds is 11. The summed E-state index contributed by atoms with van der Waals surface area (Å²) in [5.41, 5.74) is 0. The van der Waals surface area contributed by atoms with Gasteiger partial charge in [0.25, 0.3) is 0 Å². The van der Waals surface area contributed by atoms with Gasteiger partial charge in [0.05, 0.1) is 6.07 Å². The summed E-state index contributed by atoms with van der Waals surface area (Å²) in [5.74, 6) is 3.88. The Kier molecular flexibility index (Phi) is 10.7. The molecule has 0 bridgehead atoms. The lowest BCUT2D eigenvalue weighted by Gasteiger charge is -2.34. The standard InChI is InChI=1S/C25H45N/c1-3-5-6-7-8-10-22-11-13-23(14-12-22)19-25(20-26)24-17-15-21(9-4-2)16-18-24/h21-25H,3-19H2,1-2H3/t21-,22-,23-,24-,25?. The minimum absolute atomic E-state index is 0.355. The van der Waals surface area contributed by atoms with E-state index in [4.69, 9.17) is 0 Å². The van der Waals surface area contributed by atoms with E-state index in [-0.39, 0.29) is 0 Å². The van der Waals surface area contributed by atoms with Crippen molar-refractivity contribution in [2.24, 2.45) is 29.6 Å². The van der Waals surface area contributed by atoms with Crippen molar-refractivity contribution in [3.63, 3.8) is 0 Å². The molecule has 0 radical (unpaired) electrons. The highest BCUT2D eigenvalue weighted by Gasteiger charge is 2.30. The van der Waals surface area contributed by atoms with Crippen molar-refractivity contribution in [1.29, 1.82) is 5.26 Å². The first kappa shape index (κ1) is 21.8. The van der Waals surface area contributed by atoms with Gasteiger partial charge in [-0.3, -0.25) is 0 Å². The highest BCUT2D eigenvalue weighted by Crippen LogP contribution is 2.41. The van der Waals surface area contributed by atoms with Gasteiger partial charge in [-0.25, -0.2) is 0 Å². The van der Waals surface area contributed by atoms with E-state index in [1.807, 2.05) is 0 Å². The fourth-order valence-corrected chi connectivity index (χ4v) is 5.79. The minimum Gasteiger partial charge on any atom is -0.198 e. The van der Waals surface area contributed by atoms with Gasteiger partial charge in [-0.1, -0.05) is 104 Å². The van der Waals surface area contributed by atoms with E-state index in [9.17, 15) is 5.26 Å². The van der Waals surface area contributed by atoms with E-state index in [2.05, 4.69) is 19.9 Å². The third kappa shape index (κ3) is 7.62. The average molecular weight is 360 g/mol. The predicted molar refractivity (Wildman–Crippen MR) is 113 cm³/mol. The first-order valence-electron chi connectivity index (χ1n) is 12.2. The summed E-state index contributed by atoms with van der Waals surface area (Å²) in [6, 6.07) is 2.73. The van der Waals surface area contributed by atoms with Gasteiger partial charge in [0.1, 0.15) is 0 Å². The van der Waals surface area contributed by atoms with Crippen LogP contribution < -0.4 is 0 Å². The Morgan fingerprint density at radius 1 is 0.692 bits per heavy atom. The zero-order chi connectivity index (χ0) is 18.6. The molecule has 2 rings (SSSR count). The van der Waals surface area contributed by atoms with Crippen LogP contribution in [0.5, 0.6) is 0 Å². The molecule has 1 unspecified atom stereocenters. The second-order valence-corrected chi connectivity index (χ2v) is 9.63. The van der Waals surface area contributed by atoms with Crippen molar-refractivity contribution in [2.45, 2.75) is 123 Å². The van der Waals surface area contributed by atoms with Gasteiger partial charge in [-0.15, -0.1) is 0 Å². The third-order valence-corrected chi connectivity index (χ3v) is 7.59. The Hall–Kier alpha value is -0.510. The van der Waals surface area contributed by atoms with Gasteiger partial charge in [0.15, 0.2) is 0 Å². The molecule has 150 valence electrons. The lowest BCUT2D eigenvalue weighted by molar-refractivity contribution is 0.177. The van der Waals surface area contributed by atoms with Crippen LogP contribution in [-0.2, 0) is 0 Å². The molecule has 0 amide bonds. The van der Waals surface area contributed by atoms with E-state index in [1.54, 1.807) is 0 Å². The Balaban J connectivity index is 1.62. The first-order chi connectivity index (χ1) is 12.8. The van der Waals surface area contributed by atoms with E-state index < -0.39 is 0 Å². The van der Waals surface area contributed by atoms with Gasteiger partial charge < -0.3 is 0 Å². The molecule has 2 aliphatic carbocycles. The molecule has 1 atom stereocenters. The van der Waals surface area contributed by atoms with Crippen molar-refractivity contribution >= 4 is 0 Å². The lowest BCUT2D eigenvalue weighted by Crippen LogP contribution is -2.24. The summed E-state index contributed by atoms with van der Waals surface area (Å²) in [7, 11) is 0. The highest BCUT2D eigenvalue weighted by molar-refractivity contribution is 4.92. The number of nitriles is 1. The molecule has 0 aromatic heterocycles. The van der Waals surface area contributed by atoms with Gasteiger partial charge in [-0.05, 0) is 42.9 Å². The normalized spacial score (nSPS) is 30.7. The maximum atomic E-state index is 9.77. The van der Waals surface area contributed by atoms with Crippen LogP contribution in [-0.4, -0.2) is 0 Å². The van der Waals surface area contributed by atoms with Crippen LogP contribution in [0.2, 0.25) is 0 Å². The van der Waals surface area contributed by atoms with E-state index in [0.717, 1.165) is 17.8 Å². The average Bonchev–Trinajstić information content (AvgIpc) is 2.68. The smallest absolute Gasteiger partial charge is 0.0658 e.